The average molecular weight is 353 g/mol. The Labute approximate surface area is 97.8 Å². The van der Waals surface area contributed by atoms with Gasteiger partial charge in [0.15, 0.2) is 0 Å². The normalized spacial score (nSPS) is 15.8. The fraction of sp³-hybridized carbons (Fsp3) is 0.125. The van der Waals surface area contributed by atoms with Crippen molar-refractivity contribution in [1.82, 2.24) is 8.10 Å². The van der Waals surface area contributed by atoms with Crippen LogP contribution in [-0.2, 0) is 0 Å². The second kappa shape index (κ2) is 3.45. The number of fused-ring (bicyclic) bond motifs is 1. The largest absolute Gasteiger partial charge is 0.347 e. The van der Waals surface area contributed by atoms with Crippen molar-refractivity contribution in [2.45, 2.75) is 0 Å². The Balaban J connectivity index is 2.63. The number of halogens is 2. The summed E-state index contributed by atoms with van der Waals surface area (Å²) in [6, 6.07) is 1.92. The van der Waals surface area contributed by atoms with Gasteiger partial charge in [0.2, 0.25) is 0 Å². The molecular formula is C8H6BrIN2O. The minimum Gasteiger partial charge on any atom is -0.347 e. The van der Waals surface area contributed by atoms with Gasteiger partial charge in [0.25, 0.3) is 5.91 Å². The first-order valence-corrected chi connectivity index (χ1v) is 5.47. The highest BCUT2D eigenvalue weighted by molar-refractivity contribution is 14.1. The van der Waals surface area contributed by atoms with Crippen LogP contribution in [0, 0.1) is 0 Å². The lowest BCUT2D eigenvalue weighted by atomic mass is 10.2. The molecule has 5 heteroatoms. The van der Waals surface area contributed by atoms with Crippen LogP contribution in [0.5, 0.6) is 0 Å². The minimum atomic E-state index is -0.0277. The Morgan fingerprint density at radius 2 is 2.38 bits per heavy atom. The van der Waals surface area contributed by atoms with Crippen LogP contribution in [0.25, 0.3) is 4.48 Å². The highest BCUT2D eigenvalue weighted by Crippen LogP contribution is 2.28. The topological polar surface area (TPSA) is 34.0 Å². The maximum absolute atomic E-state index is 11.5. The molecule has 0 radical (unpaired) electrons. The van der Waals surface area contributed by atoms with E-state index in [-0.39, 0.29) is 5.91 Å². The van der Waals surface area contributed by atoms with E-state index < -0.39 is 0 Å². The Hall–Kier alpha value is -0.300. The van der Waals surface area contributed by atoms with Crippen molar-refractivity contribution < 1.29 is 4.79 Å². The Morgan fingerprint density at radius 3 is 3.15 bits per heavy atom. The molecule has 0 spiro atoms. The molecule has 1 aromatic rings. The van der Waals surface area contributed by atoms with E-state index in [1.807, 2.05) is 18.3 Å². The molecule has 1 aromatic heterocycles. The number of carbonyl (C=O) groups excluding carboxylic acids is 1. The van der Waals surface area contributed by atoms with Gasteiger partial charge in [-0.15, -0.1) is 0 Å². The number of amides is 1. The number of aromatic nitrogens is 1. The van der Waals surface area contributed by atoms with Gasteiger partial charge in [-0.2, -0.15) is 0 Å². The molecule has 0 saturated carbocycles. The molecule has 1 N–H and O–H groups in total. The standard InChI is InChI=1S/C8H6BrIN2O/c9-6-1-3-11-8(13)7-5(6)2-4-12(7)10/h1-2,4H,3H2,(H,11,13). The van der Waals surface area contributed by atoms with Crippen molar-refractivity contribution in [3.63, 3.8) is 0 Å². The van der Waals surface area contributed by atoms with Gasteiger partial charge in [0.1, 0.15) is 5.69 Å². The highest BCUT2D eigenvalue weighted by Gasteiger charge is 2.19. The monoisotopic (exact) mass is 352 g/mol. The molecular weight excluding hydrogens is 347 g/mol. The van der Waals surface area contributed by atoms with Gasteiger partial charge in [-0.05, 0) is 6.07 Å². The van der Waals surface area contributed by atoms with Gasteiger partial charge in [-0.3, -0.25) is 7.58 Å². The fourth-order valence-corrected chi connectivity index (χ4v) is 2.37. The van der Waals surface area contributed by atoms with Crippen molar-refractivity contribution in [2.24, 2.45) is 0 Å². The lowest BCUT2D eigenvalue weighted by molar-refractivity contribution is 0.0954. The second-order valence-corrected chi connectivity index (χ2v) is 4.55. The first kappa shape index (κ1) is 9.26. The van der Waals surface area contributed by atoms with Gasteiger partial charge < -0.3 is 5.32 Å². The SMILES string of the molecule is O=C1NCC=C(Br)c2ccn(I)c21. The number of nitrogens with zero attached hydrogens (tertiary/aromatic N) is 1. The summed E-state index contributed by atoms with van der Waals surface area (Å²) in [6.45, 7) is 0.574. The molecule has 2 rings (SSSR count). The van der Waals surface area contributed by atoms with Crippen LogP contribution in [0.2, 0.25) is 0 Å². The van der Waals surface area contributed by atoms with Crippen molar-refractivity contribution in [2.75, 3.05) is 6.54 Å². The zero-order valence-electron chi connectivity index (χ0n) is 6.55. The third-order valence-electron chi connectivity index (χ3n) is 1.86. The van der Waals surface area contributed by atoms with Gasteiger partial charge in [0.05, 0.1) is 22.9 Å². The van der Waals surface area contributed by atoms with E-state index in [1.165, 1.54) is 0 Å². The van der Waals surface area contributed by atoms with Crippen LogP contribution in [0.4, 0.5) is 0 Å². The average Bonchev–Trinajstić information content (AvgIpc) is 2.40. The summed E-state index contributed by atoms with van der Waals surface area (Å²) in [6.07, 6.45) is 3.81. The summed E-state index contributed by atoms with van der Waals surface area (Å²) >= 11 is 5.52. The smallest absolute Gasteiger partial charge is 0.269 e. The predicted molar refractivity (Wildman–Crippen MR) is 63.1 cm³/mol. The van der Waals surface area contributed by atoms with Crippen LogP contribution in [0.1, 0.15) is 16.1 Å². The van der Waals surface area contributed by atoms with E-state index in [0.29, 0.717) is 12.2 Å². The van der Waals surface area contributed by atoms with Crippen molar-refractivity contribution in [1.29, 1.82) is 0 Å². The Kier molecular flexibility index (Phi) is 2.46. The van der Waals surface area contributed by atoms with E-state index >= 15 is 0 Å². The predicted octanol–water partition coefficient (Wildman–Crippen LogP) is 2.17. The number of hydrogen-bond acceptors (Lipinski definition) is 1. The van der Waals surface area contributed by atoms with E-state index in [4.69, 9.17) is 0 Å². The number of rotatable bonds is 0. The summed E-state index contributed by atoms with van der Waals surface area (Å²) < 4.78 is 2.76. The van der Waals surface area contributed by atoms with Crippen LogP contribution in [0.15, 0.2) is 18.3 Å². The molecule has 3 nitrogen and oxygen atoms in total. The molecule has 1 amide bonds. The highest BCUT2D eigenvalue weighted by atomic mass is 127. The molecule has 2 heterocycles. The first-order chi connectivity index (χ1) is 6.20. The Morgan fingerprint density at radius 1 is 1.62 bits per heavy atom. The molecule has 68 valence electrons. The second-order valence-electron chi connectivity index (χ2n) is 2.65. The summed E-state index contributed by atoms with van der Waals surface area (Å²) in [5, 5.41) is 2.79. The van der Waals surface area contributed by atoms with E-state index in [9.17, 15) is 4.79 Å². The molecule has 0 bridgehead atoms. The molecule has 0 saturated heterocycles. The van der Waals surface area contributed by atoms with Gasteiger partial charge in [0, 0.05) is 22.8 Å². The molecule has 13 heavy (non-hydrogen) atoms. The van der Waals surface area contributed by atoms with Crippen LogP contribution < -0.4 is 5.32 Å². The maximum Gasteiger partial charge on any atom is 0.269 e. The summed E-state index contributed by atoms with van der Waals surface area (Å²) in [5.74, 6) is -0.0277. The first-order valence-electron chi connectivity index (χ1n) is 3.72. The molecule has 0 fully saturated rings. The Bertz CT molecular complexity index is 397. The van der Waals surface area contributed by atoms with Crippen LogP contribution in [-0.4, -0.2) is 15.2 Å². The lowest BCUT2D eigenvalue weighted by Crippen LogP contribution is -2.23. The lowest BCUT2D eigenvalue weighted by Gasteiger charge is -2.01. The van der Waals surface area contributed by atoms with E-state index in [0.717, 1.165) is 10.0 Å². The molecule has 0 aliphatic carbocycles. The van der Waals surface area contributed by atoms with Crippen LogP contribution >= 0.6 is 38.8 Å². The van der Waals surface area contributed by atoms with Crippen molar-refractivity contribution >= 4 is 49.2 Å². The summed E-state index contributed by atoms with van der Waals surface area (Å²) in [4.78, 5) is 11.5. The molecule has 1 aliphatic heterocycles. The molecule has 1 aliphatic rings. The van der Waals surface area contributed by atoms with E-state index in [1.54, 1.807) is 2.78 Å². The number of nitrogens with one attached hydrogen (secondary N) is 1. The molecule has 0 unspecified atom stereocenters. The maximum atomic E-state index is 11.5. The molecule has 0 atom stereocenters. The quantitative estimate of drug-likeness (QED) is 0.713. The third-order valence-corrected chi connectivity index (χ3v) is 3.41. The molecule has 0 aromatic carbocycles. The zero-order chi connectivity index (χ0) is 9.42. The van der Waals surface area contributed by atoms with E-state index in [2.05, 4.69) is 44.1 Å². The summed E-state index contributed by atoms with van der Waals surface area (Å²) in [7, 11) is 0. The fourth-order valence-electron chi connectivity index (χ4n) is 1.25. The van der Waals surface area contributed by atoms with Gasteiger partial charge >= 0.3 is 0 Å². The summed E-state index contributed by atoms with van der Waals surface area (Å²) in [5.41, 5.74) is 1.64. The van der Waals surface area contributed by atoms with Crippen LogP contribution in [0.3, 0.4) is 0 Å². The van der Waals surface area contributed by atoms with Crippen molar-refractivity contribution in [3.8, 4) is 0 Å². The van der Waals surface area contributed by atoms with Crippen molar-refractivity contribution in [3.05, 3.63) is 29.6 Å². The number of hydrogen-bond donors (Lipinski definition) is 1. The number of carbonyl (C=O) groups is 1. The van der Waals surface area contributed by atoms with Gasteiger partial charge in [-0.25, -0.2) is 0 Å². The zero-order valence-corrected chi connectivity index (χ0v) is 10.3. The minimum absolute atomic E-state index is 0.0277. The van der Waals surface area contributed by atoms with Gasteiger partial charge in [-0.1, -0.05) is 22.0 Å². The third kappa shape index (κ3) is 1.54.